The average molecular weight is 396 g/mol. The lowest BCUT2D eigenvalue weighted by molar-refractivity contribution is -0.0773. The van der Waals surface area contributed by atoms with E-state index in [-0.39, 0.29) is 18.1 Å². The third-order valence-electron chi connectivity index (χ3n) is 5.57. The number of hydrogen-bond donors (Lipinski definition) is 3. The second-order valence-corrected chi connectivity index (χ2v) is 7.48. The first-order valence-corrected chi connectivity index (χ1v) is 9.51. The number of aromatic nitrogens is 4. The molecule has 1 aliphatic rings. The third-order valence-corrected chi connectivity index (χ3v) is 5.57. The molecule has 0 spiro atoms. The molecule has 29 heavy (non-hydrogen) atoms. The normalized spacial score (nSPS) is 20.9. The van der Waals surface area contributed by atoms with Crippen LogP contribution in [-0.4, -0.2) is 50.2 Å². The molecule has 0 aromatic carbocycles. The Morgan fingerprint density at radius 3 is 2.97 bits per heavy atom. The van der Waals surface area contributed by atoms with Crippen molar-refractivity contribution in [1.29, 1.82) is 0 Å². The smallest absolute Gasteiger partial charge is 0.237 e. The van der Waals surface area contributed by atoms with Gasteiger partial charge in [0.25, 0.3) is 0 Å². The molecule has 9 nitrogen and oxygen atoms in total. The summed E-state index contributed by atoms with van der Waals surface area (Å²) < 4.78 is 6.87. The van der Waals surface area contributed by atoms with E-state index in [4.69, 9.17) is 4.74 Å². The number of ether oxygens (including phenoxy) is 1. The van der Waals surface area contributed by atoms with Crippen molar-refractivity contribution in [2.24, 2.45) is 5.92 Å². The summed E-state index contributed by atoms with van der Waals surface area (Å²) in [6.07, 6.45) is 5.03. The fraction of sp³-hybridized carbons (Fsp3) is 0.400. The number of Topliss-reactive ketones (excluding diaryl/α,β-unsaturated/α-hetero) is 1. The zero-order valence-corrected chi connectivity index (χ0v) is 16.6. The number of anilines is 3. The van der Waals surface area contributed by atoms with Crippen molar-refractivity contribution in [3.05, 3.63) is 36.2 Å². The highest BCUT2D eigenvalue weighted by molar-refractivity contribution is 6.01. The van der Waals surface area contributed by atoms with E-state index < -0.39 is 5.60 Å². The second kappa shape index (κ2) is 7.32. The lowest BCUT2D eigenvalue weighted by Gasteiger charge is -2.42. The standard InChI is InChI=1S/C20H24N6O3/c1-20(28)7-6-12(20)9-15(27)13-11-23-26-17(21-2)10-16(25-18(13)26)24-14-5-4-8-22-19(14)29-3/h4-5,8,10-12,21,28H,6-7,9H2,1-3H3,(H,24,25)/t12?,20-/m1/s1. The van der Waals surface area contributed by atoms with E-state index >= 15 is 0 Å². The van der Waals surface area contributed by atoms with Crippen molar-refractivity contribution < 1.29 is 14.6 Å². The van der Waals surface area contributed by atoms with Crippen LogP contribution in [0.2, 0.25) is 0 Å². The second-order valence-electron chi connectivity index (χ2n) is 7.48. The van der Waals surface area contributed by atoms with Crippen LogP contribution in [0.4, 0.5) is 17.3 Å². The number of methoxy groups -OCH3 is 1. The van der Waals surface area contributed by atoms with Gasteiger partial charge in [0.2, 0.25) is 5.88 Å². The topological polar surface area (TPSA) is 114 Å². The summed E-state index contributed by atoms with van der Waals surface area (Å²) in [4.78, 5) is 21.7. The van der Waals surface area contributed by atoms with Gasteiger partial charge in [-0.3, -0.25) is 4.79 Å². The van der Waals surface area contributed by atoms with Crippen LogP contribution in [-0.2, 0) is 0 Å². The fourth-order valence-electron chi connectivity index (χ4n) is 3.61. The molecule has 1 aliphatic carbocycles. The summed E-state index contributed by atoms with van der Waals surface area (Å²) in [5.41, 5.74) is 0.773. The third kappa shape index (κ3) is 3.49. The molecule has 0 radical (unpaired) electrons. The van der Waals surface area contributed by atoms with Crippen LogP contribution >= 0.6 is 0 Å². The van der Waals surface area contributed by atoms with Gasteiger partial charge in [0, 0.05) is 25.7 Å². The highest BCUT2D eigenvalue weighted by atomic mass is 16.5. The average Bonchev–Trinajstić information content (AvgIpc) is 3.15. The SMILES string of the molecule is CNc1cc(Nc2cccnc2OC)nc2c(C(=O)CC3CC[C@@]3(C)O)cnn12. The molecule has 0 amide bonds. The van der Waals surface area contributed by atoms with Gasteiger partial charge in [-0.05, 0) is 37.8 Å². The van der Waals surface area contributed by atoms with Crippen molar-refractivity contribution >= 4 is 28.8 Å². The number of hydrogen-bond acceptors (Lipinski definition) is 8. The Morgan fingerprint density at radius 2 is 2.31 bits per heavy atom. The number of aliphatic hydroxyl groups is 1. The van der Waals surface area contributed by atoms with Gasteiger partial charge in [0.15, 0.2) is 11.4 Å². The monoisotopic (exact) mass is 396 g/mol. The quantitative estimate of drug-likeness (QED) is 0.522. The van der Waals surface area contributed by atoms with Crippen LogP contribution < -0.4 is 15.4 Å². The summed E-state index contributed by atoms with van der Waals surface area (Å²) in [5, 5.41) is 20.8. The zero-order valence-electron chi connectivity index (χ0n) is 16.6. The Morgan fingerprint density at radius 1 is 1.48 bits per heavy atom. The van der Waals surface area contributed by atoms with Gasteiger partial charge in [0.1, 0.15) is 17.3 Å². The van der Waals surface area contributed by atoms with Gasteiger partial charge in [-0.1, -0.05) is 0 Å². The zero-order chi connectivity index (χ0) is 20.6. The Hall–Kier alpha value is -3.20. The lowest BCUT2D eigenvalue weighted by atomic mass is 9.68. The minimum absolute atomic E-state index is 0.0327. The number of fused-ring (bicyclic) bond motifs is 1. The van der Waals surface area contributed by atoms with E-state index in [0.717, 1.165) is 12.8 Å². The van der Waals surface area contributed by atoms with Crippen molar-refractivity contribution in [1.82, 2.24) is 19.6 Å². The molecule has 3 N–H and O–H groups in total. The molecular formula is C20H24N6O3. The van der Waals surface area contributed by atoms with E-state index in [1.807, 2.05) is 6.07 Å². The molecule has 2 atom stereocenters. The molecule has 1 saturated carbocycles. The Bertz CT molecular complexity index is 1060. The minimum atomic E-state index is -0.772. The number of rotatable bonds is 7. The summed E-state index contributed by atoms with van der Waals surface area (Å²) in [7, 11) is 3.32. The Balaban J connectivity index is 1.69. The van der Waals surface area contributed by atoms with Gasteiger partial charge in [-0.15, -0.1) is 0 Å². The molecule has 3 aromatic heterocycles. The molecule has 0 saturated heterocycles. The van der Waals surface area contributed by atoms with Crippen LogP contribution in [0.3, 0.4) is 0 Å². The first-order valence-electron chi connectivity index (χ1n) is 9.51. The molecule has 152 valence electrons. The van der Waals surface area contributed by atoms with Crippen molar-refractivity contribution in [3.63, 3.8) is 0 Å². The predicted molar refractivity (Wildman–Crippen MR) is 109 cm³/mol. The largest absolute Gasteiger partial charge is 0.480 e. The molecule has 1 unspecified atom stereocenters. The summed E-state index contributed by atoms with van der Waals surface area (Å²) in [6.45, 7) is 1.78. The molecular weight excluding hydrogens is 372 g/mol. The Kier molecular flexibility index (Phi) is 4.83. The number of carbonyl (C=O) groups excluding carboxylic acids is 1. The molecule has 4 rings (SSSR count). The number of carbonyl (C=O) groups is 1. The molecule has 1 fully saturated rings. The molecule has 3 aromatic rings. The van der Waals surface area contributed by atoms with Crippen LogP contribution in [0.25, 0.3) is 5.65 Å². The van der Waals surface area contributed by atoms with Gasteiger partial charge in [-0.25, -0.2) is 9.97 Å². The van der Waals surface area contributed by atoms with E-state index in [9.17, 15) is 9.90 Å². The summed E-state index contributed by atoms with van der Waals surface area (Å²) in [5.74, 6) is 1.54. The van der Waals surface area contributed by atoms with E-state index in [2.05, 4.69) is 25.7 Å². The lowest BCUT2D eigenvalue weighted by Crippen LogP contribution is -2.45. The highest BCUT2D eigenvalue weighted by Crippen LogP contribution is 2.41. The minimum Gasteiger partial charge on any atom is -0.480 e. The fourth-order valence-corrected chi connectivity index (χ4v) is 3.61. The Labute approximate surface area is 168 Å². The number of ketones is 1. The maximum Gasteiger partial charge on any atom is 0.237 e. The molecule has 9 heteroatoms. The number of nitrogens with zero attached hydrogens (tertiary/aromatic N) is 4. The van der Waals surface area contributed by atoms with Gasteiger partial charge in [0.05, 0.1) is 24.5 Å². The molecule has 0 bridgehead atoms. The first kappa shape index (κ1) is 19.1. The van der Waals surface area contributed by atoms with E-state index in [1.54, 1.807) is 43.9 Å². The van der Waals surface area contributed by atoms with Crippen molar-refractivity contribution in [2.75, 3.05) is 24.8 Å². The summed E-state index contributed by atoms with van der Waals surface area (Å²) >= 11 is 0. The van der Waals surface area contributed by atoms with E-state index in [1.165, 1.54) is 6.20 Å². The van der Waals surface area contributed by atoms with Crippen LogP contribution in [0.15, 0.2) is 30.6 Å². The maximum atomic E-state index is 12.9. The predicted octanol–water partition coefficient (Wildman–Crippen LogP) is 2.65. The van der Waals surface area contributed by atoms with Gasteiger partial charge < -0.3 is 20.5 Å². The maximum absolute atomic E-state index is 12.9. The van der Waals surface area contributed by atoms with Crippen LogP contribution in [0.1, 0.15) is 36.5 Å². The molecule has 0 aliphatic heterocycles. The van der Waals surface area contributed by atoms with Gasteiger partial charge in [-0.2, -0.15) is 9.61 Å². The first-order chi connectivity index (χ1) is 13.9. The van der Waals surface area contributed by atoms with Crippen LogP contribution in [0, 0.1) is 5.92 Å². The molecule has 3 heterocycles. The number of nitrogens with one attached hydrogen (secondary N) is 2. The summed E-state index contributed by atoms with van der Waals surface area (Å²) in [6, 6.07) is 5.41. The van der Waals surface area contributed by atoms with Crippen molar-refractivity contribution in [3.8, 4) is 5.88 Å². The van der Waals surface area contributed by atoms with E-state index in [0.29, 0.717) is 34.4 Å². The van der Waals surface area contributed by atoms with Gasteiger partial charge >= 0.3 is 0 Å². The van der Waals surface area contributed by atoms with Crippen molar-refractivity contribution in [2.45, 2.75) is 31.8 Å². The van der Waals surface area contributed by atoms with Crippen LogP contribution in [0.5, 0.6) is 5.88 Å². The number of pyridine rings is 1. The highest BCUT2D eigenvalue weighted by Gasteiger charge is 2.42.